The summed E-state index contributed by atoms with van der Waals surface area (Å²) in [5.74, 6) is -4.23. The molecule has 1 aromatic rings. The van der Waals surface area contributed by atoms with Gasteiger partial charge in [0, 0.05) is 0 Å². The molecule has 4 nitrogen and oxygen atoms in total. The van der Waals surface area contributed by atoms with Gasteiger partial charge in [-0.15, -0.1) is 0 Å². The highest BCUT2D eigenvalue weighted by Crippen LogP contribution is 2.27. The molecule has 0 aromatic heterocycles. The Morgan fingerprint density at radius 2 is 1.76 bits per heavy atom. The molecule has 0 saturated heterocycles. The van der Waals surface area contributed by atoms with Crippen molar-refractivity contribution < 1.29 is 24.2 Å². The maximum atomic E-state index is 12.7. The van der Waals surface area contributed by atoms with Crippen molar-refractivity contribution in [2.45, 2.75) is 19.3 Å². The molecule has 5 heteroatoms. The van der Waals surface area contributed by atoms with Crippen LogP contribution in [0.1, 0.15) is 24.8 Å². The van der Waals surface area contributed by atoms with Gasteiger partial charge in [0.2, 0.25) is 0 Å². The number of carboxylic acids is 2. The Morgan fingerprint density at radius 1 is 1.24 bits per heavy atom. The Kier molecular flexibility index (Phi) is 4.20. The van der Waals surface area contributed by atoms with E-state index in [2.05, 4.69) is 0 Å². The van der Waals surface area contributed by atoms with E-state index in [-0.39, 0.29) is 0 Å². The molecule has 0 aliphatic carbocycles. The Hall–Kier alpha value is -1.91. The van der Waals surface area contributed by atoms with E-state index in [1.54, 1.807) is 6.92 Å². The molecule has 2 unspecified atom stereocenters. The van der Waals surface area contributed by atoms with Crippen LogP contribution in [0.15, 0.2) is 24.3 Å². The van der Waals surface area contributed by atoms with E-state index in [0.29, 0.717) is 5.56 Å². The van der Waals surface area contributed by atoms with Crippen molar-refractivity contribution in [1.82, 2.24) is 0 Å². The van der Waals surface area contributed by atoms with E-state index >= 15 is 0 Å². The fraction of sp³-hybridized carbons (Fsp3) is 0.333. The van der Waals surface area contributed by atoms with Crippen molar-refractivity contribution in [2.24, 2.45) is 5.92 Å². The van der Waals surface area contributed by atoms with Crippen LogP contribution < -0.4 is 0 Å². The number of carboxylic acid groups (broad SMARTS) is 2. The number of hydrogen-bond acceptors (Lipinski definition) is 2. The summed E-state index contributed by atoms with van der Waals surface area (Å²) in [5.41, 5.74) is 0.611. The summed E-state index contributed by atoms with van der Waals surface area (Å²) in [6.45, 7) is 1.62. The molecule has 17 heavy (non-hydrogen) atoms. The monoisotopic (exact) mass is 240 g/mol. The van der Waals surface area contributed by atoms with Gasteiger partial charge in [-0.3, -0.25) is 9.59 Å². The lowest BCUT2D eigenvalue weighted by atomic mass is 9.85. The third-order valence-electron chi connectivity index (χ3n) is 2.71. The highest BCUT2D eigenvalue weighted by molar-refractivity contribution is 5.78. The zero-order valence-corrected chi connectivity index (χ0v) is 9.26. The maximum absolute atomic E-state index is 12.7. The third kappa shape index (κ3) is 3.55. The first-order valence-electron chi connectivity index (χ1n) is 5.12. The predicted octanol–water partition coefficient (Wildman–Crippen LogP) is 2.10. The lowest BCUT2D eigenvalue weighted by Gasteiger charge is -2.18. The lowest BCUT2D eigenvalue weighted by molar-refractivity contribution is -0.149. The van der Waals surface area contributed by atoms with Crippen molar-refractivity contribution in [2.75, 3.05) is 0 Å². The first-order chi connectivity index (χ1) is 7.91. The average molecular weight is 240 g/mol. The molecule has 0 aliphatic rings. The van der Waals surface area contributed by atoms with Crippen LogP contribution in [0.2, 0.25) is 0 Å². The highest BCUT2D eigenvalue weighted by atomic mass is 19.1. The quantitative estimate of drug-likeness (QED) is 0.826. The van der Waals surface area contributed by atoms with Crippen LogP contribution in [0.4, 0.5) is 4.39 Å². The van der Waals surface area contributed by atoms with Crippen LogP contribution >= 0.6 is 0 Å². The summed E-state index contributed by atoms with van der Waals surface area (Å²) in [6, 6.07) is 5.40. The highest BCUT2D eigenvalue weighted by Gasteiger charge is 2.28. The molecule has 0 amide bonds. The van der Waals surface area contributed by atoms with E-state index in [4.69, 9.17) is 10.2 Å². The van der Waals surface area contributed by atoms with E-state index in [1.807, 2.05) is 0 Å². The van der Waals surface area contributed by atoms with Crippen LogP contribution in [-0.2, 0) is 9.59 Å². The predicted molar refractivity (Wildman–Crippen MR) is 58.2 cm³/mol. The molecule has 0 saturated carbocycles. The minimum Gasteiger partial charge on any atom is -0.481 e. The summed E-state index contributed by atoms with van der Waals surface area (Å²) in [7, 11) is 0. The summed E-state index contributed by atoms with van der Waals surface area (Å²) in [5, 5.41) is 17.6. The summed E-state index contributed by atoms with van der Waals surface area (Å²) in [4.78, 5) is 21.6. The zero-order valence-electron chi connectivity index (χ0n) is 9.26. The molecule has 0 radical (unpaired) electrons. The second-order valence-electron chi connectivity index (χ2n) is 3.88. The molecule has 2 atom stereocenters. The SMILES string of the molecule is CC(c1ccc(F)cc1)C(CC(=O)O)C(=O)O. The minimum atomic E-state index is -1.16. The molecule has 1 aromatic carbocycles. The molecular weight excluding hydrogens is 227 g/mol. The van der Waals surface area contributed by atoms with E-state index in [0.717, 1.165) is 0 Å². The van der Waals surface area contributed by atoms with Crippen molar-refractivity contribution in [1.29, 1.82) is 0 Å². The van der Waals surface area contributed by atoms with Crippen LogP contribution in [-0.4, -0.2) is 22.2 Å². The van der Waals surface area contributed by atoms with Crippen molar-refractivity contribution in [3.8, 4) is 0 Å². The number of hydrogen-bond donors (Lipinski definition) is 2. The van der Waals surface area contributed by atoms with Gasteiger partial charge in [-0.2, -0.15) is 0 Å². The van der Waals surface area contributed by atoms with Gasteiger partial charge in [0.15, 0.2) is 0 Å². The molecule has 0 spiro atoms. The van der Waals surface area contributed by atoms with E-state index in [1.165, 1.54) is 24.3 Å². The topological polar surface area (TPSA) is 74.6 Å². The van der Waals surface area contributed by atoms with Gasteiger partial charge in [0.25, 0.3) is 0 Å². The number of aliphatic carboxylic acids is 2. The number of rotatable bonds is 5. The van der Waals surface area contributed by atoms with Crippen LogP contribution in [0, 0.1) is 11.7 Å². The molecule has 1 rings (SSSR count). The number of benzene rings is 1. The molecule has 0 fully saturated rings. The smallest absolute Gasteiger partial charge is 0.307 e. The second kappa shape index (κ2) is 5.43. The Labute approximate surface area is 97.7 Å². The van der Waals surface area contributed by atoms with Gasteiger partial charge in [-0.05, 0) is 23.6 Å². The van der Waals surface area contributed by atoms with Gasteiger partial charge in [0.1, 0.15) is 5.82 Å². The zero-order chi connectivity index (χ0) is 13.0. The van der Waals surface area contributed by atoms with Crippen molar-refractivity contribution in [3.63, 3.8) is 0 Å². The Bertz CT molecular complexity index is 413. The first kappa shape index (κ1) is 13.2. The Morgan fingerprint density at radius 3 is 2.18 bits per heavy atom. The summed E-state index contributed by atoms with van der Waals surface area (Å²) >= 11 is 0. The fourth-order valence-corrected chi connectivity index (χ4v) is 1.66. The van der Waals surface area contributed by atoms with Crippen LogP contribution in [0.5, 0.6) is 0 Å². The largest absolute Gasteiger partial charge is 0.481 e. The normalized spacial score (nSPS) is 14.0. The Balaban J connectivity index is 2.91. The molecule has 2 N–H and O–H groups in total. The van der Waals surface area contributed by atoms with E-state index in [9.17, 15) is 14.0 Å². The second-order valence-corrected chi connectivity index (χ2v) is 3.88. The molecule has 0 bridgehead atoms. The van der Waals surface area contributed by atoms with Gasteiger partial charge in [-0.1, -0.05) is 19.1 Å². The van der Waals surface area contributed by atoms with Crippen LogP contribution in [0.3, 0.4) is 0 Å². The summed E-state index contributed by atoms with van der Waals surface area (Å²) < 4.78 is 12.7. The molecule has 0 heterocycles. The first-order valence-corrected chi connectivity index (χ1v) is 5.12. The number of carbonyl (C=O) groups is 2. The van der Waals surface area contributed by atoms with E-state index < -0.39 is 36.0 Å². The van der Waals surface area contributed by atoms with Gasteiger partial charge < -0.3 is 10.2 Å². The fourth-order valence-electron chi connectivity index (χ4n) is 1.66. The van der Waals surface area contributed by atoms with Crippen molar-refractivity contribution in [3.05, 3.63) is 35.6 Å². The molecular formula is C12H13FO4. The maximum Gasteiger partial charge on any atom is 0.307 e. The van der Waals surface area contributed by atoms with Gasteiger partial charge in [0.05, 0.1) is 12.3 Å². The van der Waals surface area contributed by atoms with Crippen molar-refractivity contribution >= 4 is 11.9 Å². The summed E-state index contributed by atoms with van der Waals surface area (Å²) in [6.07, 6.45) is -0.451. The third-order valence-corrected chi connectivity index (χ3v) is 2.71. The standard InChI is InChI=1S/C12H13FO4/c1-7(8-2-4-9(13)5-3-8)10(12(16)17)6-11(14)15/h2-5,7,10H,6H2,1H3,(H,14,15)(H,16,17). The van der Waals surface area contributed by atoms with Gasteiger partial charge >= 0.3 is 11.9 Å². The molecule has 0 aliphatic heterocycles. The lowest BCUT2D eigenvalue weighted by Crippen LogP contribution is -2.23. The van der Waals surface area contributed by atoms with Crippen LogP contribution in [0.25, 0.3) is 0 Å². The molecule has 92 valence electrons. The van der Waals surface area contributed by atoms with Gasteiger partial charge in [-0.25, -0.2) is 4.39 Å². The average Bonchev–Trinajstić information content (AvgIpc) is 2.25. The number of halogens is 1. The minimum absolute atomic E-state index is 0.411.